The van der Waals surface area contributed by atoms with Crippen LogP contribution in [-0.2, 0) is 19.2 Å². The molecule has 2 N–H and O–H groups in total. The second-order valence-electron chi connectivity index (χ2n) is 3.44. The molecule has 0 unspecified atom stereocenters. The Morgan fingerprint density at radius 1 is 1.19 bits per heavy atom. The van der Waals surface area contributed by atoms with Gasteiger partial charge in [-0.3, -0.25) is 19.3 Å². The van der Waals surface area contributed by atoms with E-state index in [4.69, 9.17) is 10.2 Å². The van der Waals surface area contributed by atoms with Gasteiger partial charge in [-0.1, -0.05) is 0 Å². The quantitative estimate of drug-likeness (QED) is 0.612. The molecule has 1 aliphatic rings. The van der Waals surface area contributed by atoms with Crippen LogP contribution in [0.4, 0.5) is 0 Å². The maximum atomic E-state index is 11.3. The Balaban J connectivity index is 2.76. The third kappa shape index (κ3) is 2.56. The molecule has 0 aromatic carbocycles. The number of carbonyl (C=O) groups excluding carboxylic acids is 2. The second-order valence-corrected chi connectivity index (χ2v) is 3.44. The van der Waals surface area contributed by atoms with Gasteiger partial charge in [-0.05, 0) is 6.42 Å². The van der Waals surface area contributed by atoms with E-state index in [1.807, 2.05) is 0 Å². The van der Waals surface area contributed by atoms with E-state index in [1.165, 1.54) is 0 Å². The highest BCUT2D eigenvalue weighted by molar-refractivity contribution is 6.04. The second kappa shape index (κ2) is 4.73. The number of rotatable bonds is 5. The van der Waals surface area contributed by atoms with Crippen molar-refractivity contribution >= 4 is 23.8 Å². The number of nitrogens with zero attached hydrogens (tertiary/aromatic N) is 1. The van der Waals surface area contributed by atoms with E-state index in [-0.39, 0.29) is 19.3 Å². The summed E-state index contributed by atoms with van der Waals surface area (Å²) in [6, 6.07) is -1.36. The number of hydrogen-bond donors (Lipinski definition) is 2. The molecule has 2 amide bonds. The number of likely N-dealkylation sites (tertiary alicyclic amines) is 1. The molecule has 1 aliphatic heterocycles. The Labute approximate surface area is 90.6 Å². The first-order chi connectivity index (χ1) is 7.43. The first-order valence-electron chi connectivity index (χ1n) is 4.73. The van der Waals surface area contributed by atoms with Crippen LogP contribution in [-0.4, -0.2) is 44.9 Å². The lowest BCUT2D eigenvalue weighted by atomic mass is 10.1. The molecule has 0 bridgehead atoms. The van der Waals surface area contributed by atoms with Gasteiger partial charge in [-0.2, -0.15) is 0 Å². The van der Waals surface area contributed by atoms with Crippen molar-refractivity contribution in [1.29, 1.82) is 0 Å². The van der Waals surface area contributed by atoms with E-state index in [9.17, 15) is 19.2 Å². The van der Waals surface area contributed by atoms with Crippen molar-refractivity contribution in [1.82, 2.24) is 4.90 Å². The lowest BCUT2D eigenvalue weighted by Gasteiger charge is -2.21. The van der Waals surface area contributed by atoms with Crippen molar-refractivity contribution in [2.24, 2.45) is 0 Å². The standard InChI is InChI=1S/C9H11NO6/c11-6-2-3-7(12)10(6)5(9(15)16)1-4-8(13)14/h5H,1-4H2,(H,13,14)(H,15,16)/t5-/m1/s1. The van der Waals surface area contributed by atoms with E-state index < -0.39 is 36.2 Å². The number of carboxylic acid groups (broad SMARTS) is 2. The highest BCUT2D eigenvalue weighted by Gasteiger charge is 2.38. The molecule has 7 nitrogen and oxygen atoms in total. The average Bonchev–Trinajstić information content (AvgIpc) is 2.48. The minimum atomic E-state index is -1.36. The minimum absolute atomic E-state index is 0.00428. The maximum Gasteiger partial charge on any atom is 0.326 e. The molecule has 0 spiro atoms. The van der Waals surface area contributed by atoms with E-state index in [2.05, 4.69) is 0 Å². The molecule has 0 saturated carbocycles. The van der Waals surface area contributed by atoms with E-state index in [0.29, 0.717) is 4.90 Å². The highest BCUT2D eigenvalue weighted by Crippen LogP contribution is 2.18. The molecule has 16 heavy (non-hydrogen) atoms. The zero-order chi connectivity index (χ0) is 12.3. The van der Waals surface area contributed by atoms with Crippen molar-refractivity contribution in [3.63, 3.8) is 0 Å². The summed E-state index contributed by atoms with van der Waals surface area (Å²) in [5.41, 5.74) is 0. The predicted octanol–water partition coefficient (Wildman–Crippen LogP) is -0.547. The van der Waals surface area contributed by atoms with E-state index >= 15 is 0 Å². The molecule has 1 heterocycles. The summed E-state index contributed by atoms with van der Waals surface area (Å²) in [6.07, 6.45) is -0.665. The topological polar surface area (TPSA) is 112 Å². The molecule has 0 aliphatic carbocycles. The number of carboxylic acids is 2. The van der Waals surface area contributed by atoms with E-state index in [1.54, 1.807) is 0 Å². The fourth-order valence-electron chi connectivity index (χ4n) is 1.56. The van der Waals surface area contributed by atoms with Gasteiger partial charge < -0.3 is 10.2 Å². The molecule has 1 fully saturated rings. The average molecular weight is 229 g/mol. The Bertz CT molecular complexity index is 334. The van der Waals surface area contributed by atoms with Gasteiger partial charge in [0.2, 0.25) is 11.8 Å². The van der Waals surface area contributed by atoms with E-state index in [0.717, 1.165) is 0 Å². The van der Waals surface area contributed by atoms with Crippen LogP contribution < -0.4 is 0 Å². The first-order valence-corrected chi connectivity index (χ1v) is 4.73. The van der Waals surface area contributed by atoms with Gasteiger partial charge in [-0.25, -0.2) is 4.79 Å². The van der Waals surface area contributed by atoms with Crippen LogP contribution in [0.25, 0.3) is 0 Å². The van der Waals surface area contributed by atoms with Crippen molar-refractivity contribution in [2.75, 3.05) is 0 Å². The van der Waals surface area contributed by atoms with Crippen LogP contribution in [0.1, 0.15) is 25.7 Å². The Hall–Kier alpha value is -1.92. The van der Waals surface area contributed by atoms with Gasteiger partial charge in [-0.15, -0.1) is 0 Å². The lowest BCUT2D eigenvalue weighted by molar-refractivity contribution is -0.155. The van der Waals surface area contributed by atoms with Crippen molar-refractivity contribution in [3.8, 4) is 0 Å². The van der Waals surface area contributed by atoms with Crippen molar-refractivity contribution < 1.29 is 29.4 Å². The third-order valence-electron chi connectivity index (χ3n) is 2.32. The predicted molar refractivity (Wildman–Crippen MR) is 49.4 cm³/mol. The molecule has 1 saturated heterocycles. The summed E-state index contributed by atoms with van der Waals surface area (Å²) in [6.45, 7) is 0. The van der Waals surface area contributed by atoms with Gasteiger partial charge in [0.1, 0.15) is 6.04 Å². The summed E-state index contributed by atoms with van der Waals surface area (Å²) in [4.78, 5) is 44.4. The molecular weight excluding hydrogens is 218 g/mol. The number of imide groups is 1. The van der Waals surface area contributed by atoms with Gasteiger partial charge in [0.25, 0.3) is 0 Å². The van der Waals surface area contributed by atoms with Crippen LogP contribution in [0.3, 0.4) is 0 Å². The molecule has 7 heteroatoms. The van der Waals surface area contributed by atoms with Crippen LogP contribution in [0.15, 0.2) is 0 Å². The Morgan fingerprint density at radius 3 is 2.06 bits per heavy atom. The fraction of sp³-hybridized carbons (Fsp3) is 0.556. The molecule has 0 radical (unpaired) electrons. The summed E-state index contributed by atoms with van der Waals surface area (Å²) in [5, 5.41) is 17.3. The molecule has 1 rings (SSSR count). The largest absolute Gasteiger partial charge is 0.481 e. The zero-order valence-corrected chi connectivity index (χ0v) is 8.38. The molecule has 1 atom stereocenters. The Kier molecular flexibility index (Phi) is 3.60. The first kappa shape index (κ1) is 12.2. The van der Waals surface area contributed by atoms with Gasteiger partial charge in [0.05, 0.1) is 0 Å². The molecule has 88 valence electrons. The zero-order valence-electron chi connectivity index (χ0n) is 8.38. The number of amides is 2. The fourth-order valence-corrected chi connectivity index (χ4v) is 1.56. The van der Waals surface area contributed by atoms with Crippen LogP contribution in [0, 0.1) is 0 Å². The smallest absolute Gasteiger partial charge is 0.326 e. The van der Waals surface area contributed by atoms with Crippen LogP contribution in [0.5, 0.6) is 0 Å². The van der Waals surface area contributed by atoms with Gasteiger partial charge >= 0.3 is 11.9 Å². The van der Waals surface area contributed by atoms with Gasteiger partial charge in [0, 0.05) is 19.3 Å². The molecular formula is C9H11NO6. The number of carbonyl (C=O) groups is 4. The monoisotopic (exact) mass is 229 g/mol. The molecule has 0 aromatic rings. The molecule has 0 aromatic heterocycles. The Morgan fingerprint density at radius 2 is 1.69 bits per heavy atom. The summed E-state index contributed by atoms with van der Waals surface area (Å²) in [5.74, 6) is -3.62. The van der Waals surface area contributed by atoms with Gasteiger partial charge in [0.15, 0.2) is 0 Å². The summed E-state index contributed by atoms with van der Waals surface area (Å²) >= 11 is 0. The number of aliphatic carboxylic acids is 2. The summed E-state index contributed by atoms with van der Waals surface area (Å²) in [7, 11) is 0. The van der Waals surface area contributed by atoms with Crippen LogP contribution >= 0.6 is 0 Å². The summed E-state index contributed by atoms with van der Waals surface area (Å²) < 4.78 is 0. The van der Waals surface area contributed by atoms with Crippen molar-refractivity contribution in [2.45, 2.75) is 31.7 Å². The third-order valence-corrected chi connectivity index (χ3v) is 2.32. The highest BCUT2D eigenvalue weighted by atomic mass is 16.4. The van der Waals surface area contributed by atoms with Crippen LogP contribution in [0.2, 0.25) is 0 Å². The van der Waals surface area contributed by atoms with Crippen molar-refractivity contribution in [3.05, 3.63) is 0 Å². The SMILES string of the molecule is O=C(O)CC[C@H](C(=O)O)N1C(=O)CCC1=O. The number of hydrogen-bond acceptors (Lipinski definition) is 4. The normalized spacial score (nSPS) is 17.6. The maximum absolute atomic E-state index is 11.3. The minimum Gasteiger partial charge on any atom is -0.481 e. The lowest BCUT2D eigenvalue weighted by Crippen LogP contribution is -2.44.